The van der Waals surface area contributed by atoms with Crippen LogP contribution in [0.5, 0.6) is 0 Å². The Morgan fingerprint density at radius 3 is 2.45 bits per heavy atom. The lowest BCUT2D eigenvalue weighted by Gasteiger charge is -2.24. The van der Waals surface area contributed by atoms with E-state index in [0.717, 1.165) is 19.6 Å². The molecule has 6 nitrogen and oxygen atoms in total. The van der Waals surface area contributed by atoms with Crippen LogP contribution < -0.4 is 10.6 Å². The van der Waals surface area contributed by atoms with Gasteiger partial charge in [0.1, 0.15) is 0 Å². The maximum absolute atomic E-state index is 13.5. The van der Waals surface area contributed by atoms with E-state index in [1.54, 1.807) is 24.3 Å². The number of carbonyl (C=O) groups excluding carboxylic acids is 2. The van der Waals surface area contributed by atoms with E-state index in [0.29, 0.717) is 5.69 Å². The number of halogens is 2. The first kappa shape index (κ1) is 23.3. The van der Waals surface area contributed by atoms with Gasteiger partial charge in [0.25, 0.3) is 5.91 Å². The number of anilines is 1. The average molecular weight is 462 g/mol. The third-order valence-corrected chi connectivity index (χ3v) is 6.17. The quantitative estimate of drug-likeness (QED) is 0.588. The lowest BCUT2D eigenvalue weighted by Crippen LogP contribution is -2.41. The number of nitrogens with zero attached hydrogens (tertiary/aromatic N) is 2. The number of primary amides is 1. The Kier molecular flexibility index (Phi) is 7.06. The van der Waals surface area contributed by atoms with Crippen molar-refractivity contribution >= 4 is 40.7 Å². The molecule has 2 amide bonds. The molecule has 31 heavy (non-hydrogen) atoms. The molecule has 0 aromatic heterocycles. The molecule has 8 heteroatoms. The van der Waals surface area contributed by atoms with Crippen LogP contribution in [0.1, 0.15) is 35.3 Å². The lowest BCUT2D eigenvalue weighted by molar-refractivity contribution is -0.132. The molecule has 3 N–H and O–H groups in total. The van der Waals surface area contributed by atoms with Gasteiger partial charge in [-0.2, -0.15) is 0 Å². The van der Waals surface area contributed by atoms with Gasteiger partial charge >= 0.3 is 0 Å². The molecule has 1 heterocycles. The molecule has 1 unspecified atom stereocenters. The molecular formula is C23H25Cl2N3O3. The highest BCUT2D eigenvalue weighted by atomic mass is 35.5. The Labute approximate surface area is 191 Å². The predicted molar refractivity (Wildman–Crippen MR) is 124 cm³/mol. The van der Waals surface area contributed by atoms with Crippen LogP contribution in [-0.2, 0) is 10.4 Å². The second-order valence-electron chi connectivity index (χ2n) is 7.28. The molecular weight excluding hydrogens is 437 g/mol. The third kappa shape index (κ3) is 4.21. The fraction of sp³-hybridized carbons (Fsp3) is 0.304. The van der Waals surface area contributed by atoms with Gasteiger partial charge < -0.3 is 20.6 Å². The van der Waals surface area contributed by atoms with Crippen LogP contribution in [0, 0.1) is 0 Å². The van der Waals surface area contributed by atoms with E-state index in [4.69, 9.17) is 28.9 Å². The van der Waals surface area contributed by atoms with Crippen molar-refractivity contribution in [2.75, 3.05) is 31.1 Å². The van der Waals surface area contributed by atoms with Crippen LogP contribution in [0.15, 0.2) is 48.6 Å². The number of likely N-dealkylation sites (N-methyl/N-ethyl adjacent to an activating group) is 1. The topological polar surface area (TPSA) is 86.9 Å². The van der Waals surface area contributed by atoms with Crippen molar-refractivity contribution in [1.29, 1.82) is 0 Å². The number of nitrogens with two attached hydrogens (primary N) is 1. The third-order valence-electron chi connectivity index (χ3n) is 5.54. The van der Waals surface area contributed by atoms with Gasteiger partial charge in [-0.25, -0.2) is 0 Å². The van der Waals surface area contributed by atoms with E-state index in [-0.39, 0.29) is 33.3 Å². The van der Waals surface area contributed by atoms with Gasteiger partial charge in [0.15, 0.2) is 5.60 Å². The molecule has 2 aromatic carbocycles. The minimum absolute atomic E-state index is 0.0664. The molecule has 2 aromatic rings. The number of rotatable bonds is 8. The van der Waals surface area contributed by atoms with Crippen molar-refractivity contribution in [2.24, 2.45) is 5.73 Å². The van der Waals surface area contributed by atoms with E-state index < -0.39 is 17.4 Å². The number of benzene rings is 2. The standard InChI is InChI=1S/C23H25Cl2N3O3/c1-3-27(4-2)11-7-8-12-28-19-14-15(21(26)29)13-18(25)20(19)23(31,22(28)30)16-9-5-6-10-17(16)24/h5-10,13-14,31H,3-4,11-12H2,1-2H3,(H2,26,29). The highest BCUT2D eigenvalue weighted by Crippen LogP contribution is 2.49. The van der Waals surface area contributed by atoms with E-state index >= 15 is 0 Å². The molecule has 0 saturated carbocycles. The zero-order valence-corrected chi connectivity index (χ0v) is 19.0. The number of amides is 2. The van der Waals surface area contributed by atoms with E-state index in [1.165, 1.54) is 17.0 Å². The number of carbonyl (C=O) groups is 2. The Balaban J connectivity index is 2.09. The monoisotopic (exact) mass is 461 g/mol. The zero-order valence-electron chi connectivity index (χ0n) is 17.4. The molecule has 1 aliphatic heterocycles. The Morgan fingerprint density at radius 2 is 1.84 bits per heavy atom. The summed E-state index contributed by atoms with van der Waals surface area (Å²) >= 11 is 12.8. The number of fused-ring (bicyclic) bond motifs is 1. The Hall–Kier alpha value is -2.38. The first-order valence-corrected chi connectivity index (χ1v) is 10.8. The summed E-state index contributed by atoms with van der Waals surface area (Å²) < 4.78 is 0. The molecule has 0 aliphatic carbocycles. The fourth-order valence-electron chi connectivity index (χ4n) is 3.79. The summed E-state index contributed by atoms with van der Waals surface area (Å²) in [5, 5.41) is 12.0. The summed E-state index contributed by atoms with van der Waals surface area (Å²) in [6, 6.07) is 9.42. The molecule has 3 rings (SSSR count). The molecule has 0 radical (unpaired) electrons. The smallest absolute Gasteiger partial charge is 0.268 e. The largest absolute Gasteiger partial charge is 0.372 e. The van der Waals surface area contributed by atoms with Crippen molar-refractivity contribution in [3.63, 3.8) is 0 Å². The van der Waals surface area contributed by atoms with Gasteiger partial charge in [0, 0.05) is 34.8 Å². The molecule has 0 bridgehead atoms. The van der Waals surface area contributed by atoms with Gasteiger partial charge in [-0.1, -0.05) is 67.4 Å². The molecule has 1 aliphatic rings. The Morgan fingerprint density at radius 1 is 1.16 bits per heavy atom. The first-order chi connectivity index (χ1) is 14.7. The normalized spacial score (nSPS) is 18.3. The number of hydrogen-bond donors (Lipinski definition) is 2. The van der Waals surface area contributed by atoms with Crippen LogP contribution >= 0.6 is 23.2 Å². The van der Waals surface area contributed by atoms with Gasteiger partial charge in [-0.15, -0.1) is 0 Å². The summed E-state index contributed by atoms with van der Waals surface area (Å²) in [6.07, 6.45) is 3.82. The SMILES string of the molecule is CCN(CC)CC=CCN1C(=O)C(O)(c2ccccc2Cl)c2c(Cl)cc(C(N)=O)cc21. The fourth-order valence-corrected chi connectivity index (χ4v) is 4.41. The highest BCUT2D eigenvalue weighted by molar-refractivity contribution is 6.35. The summed E-state index contributed by atoms with van der Waals surface area (Å²) in [4.78, 5) is 28.9. The van der Waals surface area contributed by atoms with Crippen molar-refractivity contribution in [3.05, 3.63) is 75.3 Å². The predicted octanol–water partition coefficient (Wildman–Crippen LogP) is 3.57. The number of aliphatic hydroxyl groups is 1. The summed E-state index contributed by atoms with van der Waals surface area (Å²) in [5.41, 5.74) is 4.27. The van der Waals surface area contributed by atoms with Gasteiger partial charge in [0.2, 0.25) is 5.91 Å². The van der Waals surface area contributed by atoms with Crippen molar-refractivity contribution < 1.29 is 14.7 Å². The molecule has 164 valence electrons. The maximum atomic E-state index is 13.5. The van der Waals surface area contributed by atoms with Crippen molar-refractivity contribution in [1.82, 2.24) is 4.90 Å². The molecule has 1 atom stereocenters. The van der Waals surface area contributed by atoms with Gasteiger partial charge in [0.05, 0.1) is 10.7 Å². The summed E-state index contributed by atoms with van der Waals surface area (Å²) in [5.74, 6) is -1.27. The number of hydrogen-bond acceptors (Lipinski definition) is 4. The second kappa shape index (κ2) is 9.40. The van der Waals surface area contributed by atoms with Crippen LogP contribution in [0.4, 0.5) is 5.69 Å². The van der Waals surface area contributed by atoms with Crippen LogP contribution in [0.25, 0.3) is 0 Å². The molecule has 0 spiro atoms. The summed E-state index contributed by atoms with van der Waals surface area (Å²) in [7, 11) is 0. The minimum atomic E-state index is -2.08. The maximum Gasteiger partial charge on any atom is 0.268 e. The molecule has 0 fully saturated rings. The van der Waals surface area contributed by atoms with Crippen molar-refractivity contribution in [3.8, 4) is 0 Å². The van der Waals surface area contributed by atoms with Crippen LogP contribution in [0.3, 0.4) is 0 Å². The van der Waals surface area contributed by atoms with Crippen LogP contribution in [0.2, 0.25) is 10.0 Å². The first-order valence-electron chi connectivity index (χ1n) is 10.1. The zero-order chi connectivity index (χ0) is 22.8. The second-order valence-corrected chi connectivity index (χ2v) is 8.09. The van der Waals surface area contributed by atoms with E-state index in [2.05, 4.69) is 18.7 Å². The highest BCUT2D eigenvalue weighted by Gasteiger charge is 2.53. The lowest BCUT2D eigenvalue weighted by atomic mass is 9.87. The van der Waals surface area contributed by atoms with Gasteiger partial charge in [-0.3, -0.25) is 9.59 Å². The molecule has 0 saturated heterocycles. The minimum Gasteiger partial charge on any atom is -0.372 e. The Bertz CT molecular complexity index is 1040. The van der Waals surface area contributed by atoms with Crippen molar-refractivity contribution in [2.45, 2.75) is 19.4 Å². The average Bonchev–Trinajstić information content (AvgIpc) is 2.96. The summed E-state index contributed by atoms with van der Waals surface area (Å²) in [6.45, 7) is 6.91. The van der Waals surface area contributed by atoms with E-state index in [9.17, 15) is 14.7 Å². The van der Waals surface area contributed by atoms with E-state index in [1.807, 2.05) is 12.2 Å². The van der Waals surface area contributed by atoms with Crippen LogP contribution in [-0.4, -0.2) is 48.0 Å². The van der Waals surface area contributed by atoms with Gasteiger partial charge in [-0.05, 0) is 31.3 Å².